The summed E-state index contributed by atoms with van der Waals surface area (Å²) in [6.07, 6.45) is 7.66. The lowest BCUT2D eigenvalue weighted by Crippen LogP contribution is -2.37. The monoisotopic (exact) mass is 324 g/mol. The van der Waals surface area contributed by atoms with Crippen molar-refractivity contribution in [1.29, 1.82) is 0 Å². The van der Waals surface area contributed by atoms with Crippen molar-refractivity contribution in [3.8, 4) is 0 Å². The molecule has 0 aromatic carbocycles. The highest BCUT2D eigenvalue weighted by atomic mass is 32.1. The Morgan fingerprint density at radius 1 is 1.41 bits per heavy atom. The summed E-state index contributed by atoms with van der Waals surface area (Å²) in [5, 5.41) is 11.9. The van der Waals surface area contributed by atoms with Crippen molar-refractivity contribution in [1.82, 2.24) is 10.3 Å². The smallest absolute Gasteiger partial charge is 0.303 e. The largest absolute Gasteiger partial charge is 0.481 e. The van der Waals surface area contributed by atoms with Gasteiger partial charge in [-0.25, -0.2) is 4.98 Å². The lowest BCUT2D eigenvalue weighted by molar-refractivity contribution is -0.137. The van der Waals surface area contributed by atoms with Gasteiger partial charge in [0.05, 0.1) is 11.2 Å². The van der Waals surface area contributed by atoms with Crippen LogP contribution in [0.1, 0.15) is 66.7 Å². The Morgan fingerprint density at radius 3 is 2.73 bits per heavy atom. The SMILES string of the molecule is Cc1ncsc1C(=O)NC(CCC(=O)O)CC1CCCCC1. The first-order valence-electron chi connectivity index (χ1n) is 7.99. The molecule has 1 fully saturated rings. The quantitative estimate of drug-likeness (QED) is 0.806. The van der Waals surface area contributed by atoms with Gasteiger partial charge >= 0.3 is 5.97 Å². The third kappa shape index (κ3) is 5.09. The summed E-state index contributed by atoms with van der Waals surface area (Å²) in [7, 11) is 0. The molecule has 1 aromatic heterocycles. The van der Waals surface area contributed by atoms with Crippen LogP contribution < -0.4 is 5.32 Å². The van der Waals surface area contributed by atoms with E-state index in [1.807, 2.05) is 6.92 Å². The van der Waals surface area contributed by atoms with Gasteiger partial charge in [-0.3, -0.25) is 9.59 Å². The molecule has 2 N–H and O–H groups in total. The minimum atomic E-state index is -0.808. The molecule has 1 heterocycles. The van der Waals surface area contributed by atoms with Crippen LogP contribution in [0.2, 0.25) is 0 Å². The molecule has 2 rings (SSSR count). The summed E-state index contributed by atoms with van der Waals surface area (Å²) in [5.41, 5.74) is 2.40. The van der Waals surface area contributed by atoms with Crippen LogP contribution in [0.3, 0.4) is 0 Å². The zero-order valence-corrected chi connectivity index (χ0v) is 13.8. The molecule has 1 aromatic rings. The number of nitrogens with one attached hydrogen (secondary N) is 1. The minimum Gasteiger partial charge on any atom is -0.481 e. The number of rotatable bonds is 7. The number of hydrogen-bond donors (Lipinski definition) is 2. The summed E-state index contributed by atoms with van der Waals surface area (Å²) in [5.74, 6) is -0.321. The van der Waals surface area contributed by atoms with Crippen LogP contribution in [0.15, 0.2) is 5.51 Å². The Bertz CT molecular complexity index is 509. The summed E-state index contributed by atoms with van der Waals surface area (Å²) < 4.78 is 0. The first kappa shape index (κ1) is 16.9. The van der Waals surface area contributed by atoms with Gasteiger partial charge in [0.1, 0.15) is 4.88 Å². The van der Waals surface area contributed by atoms with Crippen molar-refractivity contribution in [2.24, 2.45) is 5.92 Å². The highest BCUT2D eigenvalue weighted by Gasteiger charge is 2.22. The Kier molecular flexibility index (Phi) is 6.36. The Balaban J connectivity index is 1.95. The number of aromatic nitrogens is 1. The van der Waals surface area contributed by atoms with Gasteiger partial charge < -0.3 is 10.4 Å². The van der Waals surface area contributed by atoms with E-state index in [1.54, 1.807) is 5.51 Å². The minimum absolute atomic E-state index is 0.0619. The van der Waals surface area contributed by atoms with Gasteiger partial charge in [-0.05, 0) is 25.7 Å². The highest BCUT2D eigenvalue weighted by Crippen LogP contribution is 2.28. The van der Waals surface area contributed by atoms with Crippen LogP contribution in [-0.2, 0) is 4.79 Å². The Morgan fingerprint density at radius 2 is 2.14 bits per heavy atom. The third-order valence-corrected chi connectivity index (χ3v) is 5.26. The molecule has 1 aliphatic rings. The first-order valence-corrected chi connectivity index (χ1v) is 8.87. The predicted molar refractivity (Wildman–Crippen MR) is 86.2 cm³/mol. The third-order valence-electron chi connectivity index (χ3n) is 4.34. The van der Waals surface area contributed by atoms with E-state index in [9.17, 15) is 9.59 Å². The number of aliphatic carboxylic acids is 1. The maximum atomic E-state index is 12.3. The van der Waals surface area contributed by atoms with Crippen molar-refractivity contribution < 1.29 is 14.7 Å². The molecule has 1 amide bonds. The number of thiazole rings is 1. The molecule has 122 valence electrons. The number of carbonyl (C=O) groups is 2. The highest BCUT2D eigenvalue weighted by molar-refractivity contribution is 7.11. The number of amides is 1. The molecule has 0 radical (unpaired) electrons. The summed E-state index contributed by atoms with van der Waals surface area (Å²) in [6.45, 7) is 1.82. The molecule has 1 unspecified atom stereocenters. The molecular weight excluding hydrogens is 300 g/mol. The zero-order chi connectivity index (χ0) is 15.9. The number of carboxylic acid groups (broad SMARTS) is 1. The van der Waals surface area contributed by atoms with Crippen molar-refractivity contribution in [2.45, 2.75) is 64.3 Å². The molecule has 0 aliphatic heterocycles. The van der Waals surface area contributed by atoms with Crippen LogP contribution in [0, 0.1) is 12.8 Å². The fourth-order valence-corrected chi connectivity index (χ4v) is 3.85. The van der Waals surface area contributed by atoms with Crippen molar-refractivity contribution in [2.75, 3.05) is 0 Å². The fourth-order valence-electron chi connectivity index (χ4n) is 3.14. The molecule has 1 saturated carbocycles. The topological polar surface area (TPSA) is 79.3 Å². The van der Waals surface area contributed by atoms with Crippen LogP contribution in [0.5, 0.6) is 0 Å². The van der Waals surface area contributed by atoms with E-state index < -0.39 is 5.97 Å². The average molecular weight is 324 g/mol. The summed E-state index contributed by atoms with van der Waals surface area (Å²) >= 11 is 1.33. The number of hydrogen-bond acceptors (Lipinski definition) is 4. The lowest BCUT2D eigenvalue weighted by Gasteiger charge is -2.27. The molecule has 6 heteroatoms. The van der Waals surface area contributed by atoms with Gasteiger partial charge in [-0.2, -0.15) is 0 Å². The zero-order valence-electron chi connectivity index (χ0n) is 13.0. The molecule has 5 nitrogen and oxygen atoms in total. The number of nitrogens with zero attached hydrogens (tertiary/aromatic N) is 1. The lowest BCUT2D eigenvalue weighted by atomic mass is 9.84. The van der Waals surface area contributed by atoms with E-state index >= 15 is 0 Å². The van der Waals surface area contributed by atoms with Gasteiger partial charge in [0, 0.05) is 12.5 Å². The van der Waals surface area contributed by atoms with Crippen LogP contribution in [0.4, 0.5) is 0 Å². The van der Waals surface area contributed by atoms with E-state index in [0.717, 1.165) is 12.1 Å². The summed E-state index contributed by atoms with van der Waals surface area (Å²) in [4.78, 5) is 27.9. The maximum Gasteiger partial charge on any atom is 0.303 e. The second-order valence-corrected chi connectivity index (χ2v) is 6.96. The van der Waals surface area contributed by atoms with E-state index in [0.29, 0.717) is 17.2 Å². The predicted octanol–water partition coefficient (Wildman–Crippen LogP) is 3.39. The average Bonchev–Trinajstić information content (AvgIpc) is 2.92. The first-order chi connectivity index (χ1) is 10.6. The Hall–Kier alpha value is -1.43. The van der Waals surface area contributed by atoms with Gasteiger partial charge in [0.15, 0.2) is 0 Å². The molecule has 1 aliphatic carbocycles. The van der Waals surface area contributed by atoms with E-state index in [4.69, 9.17) is 5.11 Å². The van der Waals surface area contributed by atoms with Gasteiger partial charge in [0.2, 0.25) is 0 Å². The number of carbonyl (C=O) groups excluding carboxylic acids is 1. The molecule has 0 saturated heterocycles. The molecular formula is C16H24N2O3S. The molecule has 0 bridgehead atoms. The fraction of sp³-hybridized carbons (Fsp3) is 0.688. The van der Waals surface area contributed by atoms with Crippen molar-refractivity contribution in [3.63, 3.8) is 0 Å². The van der Waals surface area contributed by atoms with Gasteiger partial charge in [-0.15, -0.1) is 11.3 Å². The molecule has 0 spiro atoms. The second kappa shape index (κ2) is 8.27. The second-order valence-electron chi connectivity index (χ2n) is 6.11. The van der Waals surface area contributed by atoms with E-state index in [2.05, 4.69) is 10.3 Å². The Labute approximate surface area is 135 Å². The standard InChI is InChI=1S/C16H24N2O3S/c1-11-15(22-10-17-11)16(21)18-13(7-8-14(19)20)9-12-5-3-2-4-6-12/h10,12-13H,2-9H2,1H3,(H,18,21)(H,19,20). The van der Waals surface area contributed by atoms with Gasteiger partial charge in [-0.1, -0.05) is 32.1 Å². The summed E-state index contributed by atoms with van der Waals surface area (Å²) in [6, 6.07) is -0.0619. The van der Waals surface area contributed by atoms with Gasteiger partial charge in [0.25, 0.3) is 5.91 Å². The van der Waals surface area contributed by atoms with Crippen molar-refractivity contribution in [3.05, 3.63) is 16.1 Å². The number of aryl methyl sites for hydroxylation is 1. The van der Waals surface area contributed by atoms with Crippen LogP contribution in [-0.4, -0.2) is 28.0 Å². The maximum absolute atomic E-state index is 12.3. The van der Waals surface area contributed by atoms with Crippen LogP contribution in [0.25, 0.3) is 0 Å². The van der Waals surface area contributed by atoms with E-state index in [1.165, 1.54) is 43.4 Å². The molecule has 1 atom stereocenters. The van der Waals surface area contributed by atoms with Crippen molar-refractivity contribution >= 4 is 23.2 Å². The van der Waals surface area contributed by atoms with E-state index in [-0.39, 0.29) is 18.4 Å². The number of carboxylic acids is 1. The van der Waals surface area contributed by atoms with Crippen LogP contribution >= 0.6 is 11.3 Å². The molecule has 22 heavy (non-hydrogen) atoms. The normalized spacial score (nSPS) is 17.1.